The van der Waals surface area contributed by atoms with Gasteiger partial charge in [0.2, 0.25) is 5.91 Å². The molecule has 0 saturated heterocycles. The standard InChI is InChI=1S/C18H20N2O4/c1-18(17(19)22,13-7-5-4-6-8-13)20-16(21)12-9-14(23-2)11-15(10-12)24-3/h4-11H,1-3H3,(H2,19,22)(H,20,21). The molecule has 3 N–H and O–H groups in total. The van der Waals surface area contributed by atoms with Crippen molar-refractivity contribution in [2.75, 3.05) is 14.2 Å². The molecule has 0 aliphatic rings. The number of amides is 2. The fraction of sp³-hybridized carbons (Fsp3) is 0.222. The molecule has 0 bridgehead atoms. The largest absolute Gasteiger partial charge is 0.497 e. The predicted molar refractivity (Wildman–Crippen MR) is 90.0 cm³/mol. The number of methoxy groups -OCH3 is 2. The molecule has 0 heterocycles. The summed E-state index contributed by atoms with van der Waals surface area (Å²) < 4.78 is 10.3. The second kappa shape index (κ2) is 7.04. The van der Waals surface area contributed by atoms with Crippen LogP contribution in [0.5, 0.6) is 11.5 Å². The first-order chi connectivity index (χ1) is 11.4. The maximum atomic E-state index is 12.6. The van der Waals surface area contributed by atoms with E-state index in [1.54, 1.807) is 49.4 Å². The lowest BCUT2D eigenvalue weighted by atomic mass is 9.90. The average molecular weight is 328 g/mol. The number of rotatable bonds is 6. The third-order valence-electron chi connectivity index (χ3n) is 3.82. The van der Waals surface area contributed by atoms with Crippen LogP contribution in [-0.4, -0.2) is 26.0 Å². The molecular weight excluding hydrogens is 308 g/mol. The average Bonchev–Trinajstić information content (AvgIpc) is 2.61. The van der Waals surface area contributed by atoms with E-state index < -0.39 is 17.4 Å². The normalized spacial score (nSPS) is 12.8. The van der Waals surface area contributed by atoms with Crippen molar-refractivity contribution in [2.24, 2.45) is 5.73 Å². The molecule has 0 aliphatic heterocycles. The number of hydrogen-bond acceptors (Lipinski definition) is 4. The highest BCUT2D eigenvalue weighted by Crippen LogP contribution is 2.25. The molecule has 126 valence electrons. The molecule has 6 nitrogen and oxygen atoms in total. The van der Waals surface area contributed by atoms with Crippen molar-refractivity contribution < 1.29 is 19.1 Å². The van der Waals surface area contributed by atoms with Crippen LogP contribution in [0.3, 0.4) is 0 Å². The van der Waals surface area contributed by atoms with Crippen LogP contribution in [0.15, 0.2) is 48.5 Å². The van der Waals surface area contributed by atoms with Gasteiger partial charge < -0.3 is 20.5 Å². The molecule has 1 unspecified atom stereocenters. The van der Waals surface area contributed by atoms with Gasteiger partial charge in [0.15, 0.2) is 0 Å². The minimum atomic E-state index is -1.34. The highest BCUT2D eigenvalue weighted by Gasteiger charge is 2.35. The molecule has 2 amide bonds. The van der Waals surface area contributed by atoms with Gasteiger partial charge in [-0.2, -0.15) is 0 Å². The Morgan fingerprint density at radius 2 is 1.54 bits per heavy atom. The number of primary amides is 1. The van der Waals surface area contributed by atoms with E-state index in [-0.39, 0.29) is 0 Å². The number of nitrogens with two attached hydrogens (primary N) is 1. The van der Waals surface area contributed by atoms with Gasteiger partial charge in [-0.1, -0.05) is 30.3 Å². The highest BCUT2D eigenvalue weighted by molar-refractivity contribution is 5.99. The van der Waals surface area contributed by atoms with Crippen LogP contribution in [0.2, 0.25) is 0 Å². The summed E-state index contributed by atoms with van der Waals surface area (Å²) in [4.78, 5) is 24.6. The van der Waals surface area contributed by atoms with Gasteiger partial charge in [-0.15, -0.1) is 0 Å². The van der Waals surface area contributed by atoms with Crippen molar-refractivity contribution in [3.8, 4) is 11.5 Å². The Morgan fingerprint density at radius 1 is 1.00 bits per heavy atom. The quantitative estimate of drug-likeness (QED) is 0.846. The smallest absolute Gasteiger partial charge is 0.252 e. The minimum Gasteiger partial charge on any atom is -0.497 e. The van der Waals surface area contributed by atoms with Crippen LogP contribution in [0.4, 0.5) is 0 Å². The number of carbonyl (C=O) groups excluding carboxylic acids is 2. The Kier molecular flexibility index (Phi) is 5.08. The predicted octanol–water partition coefficient (Wildman–Crippen LogP) is 1.83. The van der Waals surface area contributed by atoms with Crippen LogP contribution < -0.4 is 20.5 Å². The lowest BCUT2D eigenvalue weighted by molar-refractivity contribution is -0.123. The summed E-state index contributed by atoms with van der Waals surface area (Å²) in [7, 11) is 2.99. The molecule has 0 aromatic heterocycles. The van der Waals surface area contributed by atoms with E-state index in [1.165, 1.54) is 14.2 Å². The zero-order chi connectivity index (χ0) is 17.7. The molecule has 0 saturated carbocycles. The molecule has 2 rings (SSSR count). The minimum absolute atomic E-state index is 0.301. The first-order valence-electron chi connectivity index (χ1n) is 7.31. The van der Waals surface area contributed by atoms with Gasteiger partial charge in [0.25, 0.3) is 5.91 Å². The van der Waals surface area contributed by atoms with Crippen molar-refractivity contribution >= 4 is 11.8 Å². The summed E-state index contributed by atoms with van der Waals surface area (Å²) in [5.41, 5.74) is 5.10. The number of ether oxygens (including phenoxy) is 2. The molecule has 6 heteroatoms. The number of benzene rings is 2. The molecule has 0 radical (unpaired) electrons. The molecule has 1 atom stereocenters. The molecule has 2 aromatic rings. The van der Waals surface area contributed by atoms with E-state index in [1.807, 2.05) is 6.07 Å². The maximum absolute atomic E-state index is 12.6. The summed E-state index contributed by atoms with van der Waals surface area (Å²) in [5.74, 6) is -0.172. The first kappa shape index (κ1) is 17.3. The molecule has 24 heavy (non-hydrogen) atoms. The third kappa shape index (κ3) is 3.48. The monoisotopic (exact) mass is 328 g/mol. The molecule has 0 spiro atoms. The van der Waals surface area contributed by atoms with Gasteiger partial charge in [-0.25, -0.2) is 0 Å². The zero-order valence-corrected chi connectivity index (χ0v) is 13.8. The number of hydrogen-bond donors (Lipinski definition) is 2. The van der Waals surface area contributed by atoms with Gasteiger partial charge in [0.05, 0.1) is 14.2 Å². The topological polar surface area (TPSA) is 90.7 Å². The fourth-order valence-electron chi connectivity index (χ4n) is 2.29. The van der Waals surface area contributed by atoms with Crippen LogP contribution in [0, 0.1) is 0 Å². The fourth-order valence-corrected chi connectivity index (χ4v) is 2.29. The van der Waals surface area contributed by atoms with Gasteiger partial charge in [0.1, 0.15) is 17.0 Å². The Morgan fingerprint density at radius 3 is 2.00 bits per heavy atom. The van der Waals surface area contributed by atoms with Gasteiger partial charge in [-0.05, 0) is 24.6 Å². The SMILES string of the molecule is COc1cc(OC)cc(C(=O)NC(C)(C(N)=O)c2ccccc2)c1. The van der Waals surface area contributed by atoms with Crippen LogP contribution in [0.1, 0.15) is 22.8 Å². The van der Waals surface area contributed by atoms with E-state index in [9.17, 15) is 9.59 Å². The lowest BCUT2D eigenvalue weighted by Crippen LogP contribution is -2.52. The summed E-state index contributed by atoms with van der Waals surface area (Å²) >= 11 is 0. The Hall–Kier alpha value is -3.02. The summed E-state index contributed by atoms with van der Waals surface area (Å²) in [5, 5.41) is 2.70. The van der Waals surface area contributed by atoms with Crippen molar-refractivity contribution in [2.45, 2.75) is 12.5 Å². The molecular formula is C18H20N2O4. The highest BCUT2D eigenvalue weighted by atomic mass is 16.5. The number of carbonyl (C=O) groups is 2. The maximum Gasteiger partial charge on any atom is 0.252 e. The first-order valence-corrected chi connectivity index (χ1v) is 7.31. The Labute approximate surface area is 140 Å². The van der Waals surface area contributed by atoms with E-state index in [4.69, 9.17) is 15.2 Å². The van der Waals surface area contributed by atoms with Gasteiger partial charge in [0, 0.05) is 11.6 Å². The molecule has 0 fully saturated rings. The van der Waals surface area contributed by atoms with E-state index in [0.29, 0.717) is 22.6 Å². The van der Waals surface area contributed by atoms with E-state index >= 15 is 0 Å². The summed E-state index contributed by atoms with van der Waals surface area (Å²) in [6.45, 7) is 1.57. The lowest BCUT2D eigenvalue weighted by Gasteiger charge is -2.28. The zero-order valence-electron chi connectivity index (χ0n) is 13.8. The van der Waals surface area contributed by atoms with Gasteiger partial charge >= 0.3 is 0 Å². The van der Waals surface area contributed by atoms with Gasteiger partial charge in [-0.3, -0.25) is 9.59 Å². The van der Waals surface area contributed by atoms with Crippen molar-refractivity contribution in [1.29, 1.82) is 0 Å². The van der Waals surface area contributed by atoms with E-state index in [0.717, 1.165) is 0 Å². The Bertz CT molecular complexity index is 724. The molecule has 0 aliphatic carbocycles. The van der Waals surface area contributed by atoms with Crippen LogP contribution in [-0.2, 0) is 10.3 Å². The summed E-state index contributed by atoms with van der Waals surface area (Å²) in [6, 6.07) is 13.6. The van der Waals surface area contributed by atoms with Crippen molar-refractivity contribution in [3.05, 3.63) is 59.7 Å². The summed E-state index contributed by atoms with van der Waals surface area (Å²) in [6.07, 6.45) is 0. The second-order valence-corrected chi connectivity index (χ2v) is 5.41. The van der Waals surface area contributed by atoms with E-state index in [2.05, 4.69) is 5.32 Å². The van der Waals surface area contributed by atoms with Crippen molar-refractivity contribution in [3.63, 3.8) is 0 Å². The Balaban J connectivity index is 2.37. The van der Waals surface area contributed by atoms with Crippen LogP contribution >= 0.6 is 0 Å². The second-order valence-electron chi connectivity index (χ2n) is 5.41. The molecule has 2 aromatic carbocycles. The third-order valence-corrected chi connectivity index (χ3v) is 3.82. The van der Waals surface area contributed by atoms with Crippen molar-refractivity contribution in [1.82, 2.24) is 5.32 Å². The number of nitrogens with one attached hydrogen (secondary N) is 1. The van der Waals surface area contributed by atoms with Crippen LogP contribution in [0.25, 0.3) is 0 Å².